The fraction of sp³-hybridized carbons (Fsp3) is 0.350. The molecule has 0 fully saturated rings. The van der Waals surface area contributed by atoms with E-state index in [0.29, 0.717) is 16.9 Å². The second kappa shape index (κ2) is 6.89. The monoisotopic (exact) mass is 368 g/mol. The van der Waals surface area contributed by atoms with E-state index in [1.165, 1.54) is 22.9 Å². The van der Waals surface area contributed by atoms with E-state index in [2.05, 4.69) is 6.07 Å². The minimum absolute atomic E-state index is 0.143. The third kappa shape index (κ3) is 3.32. The van der Waals surface area contributed by atoms with Gasteiger partial charge >= 0.3 is 5.97 Å². The molecule has 0 radical (unpaired) electrons. The number of benzene rings is 1. The van der Waals surface area contributed by atoms with Crippen LogP contribution in [0.1, 0.15) is 48.3 Å². The van der Waals surface area contributed by atoms with Crippen LogP contribution in [0.15, 0.2) is 41.3 Å². The molecule has 2 heterocycles. The number of carbonyl (C=O) groups excluding carboxylic acids is 1. The van der Waals surface area contributed by atoms with Gasteiger partial charge in [0.2, 0.25) is 0 Å². The van der Waals surface area contributed by atoms with Crippen LogP contribution in [0.25, 0.3) is 0 Å². The van der Waals surface area contributed by atoms with Crippen LogP contribution in [0.4, 0.5) is 0 Å². The Morgan fingerprint density at radius 3 is 2.74 bits per heavy atom. The van der Waals surface area contributed by atoms with E-state index in [9.17, 15) is 20.0 Å². The Bertz CT molecular complexity index is 987. The molecule has 140 valence electrons. The zero-order valence-electron chi connectivity index (χ0n) is 15.3. The summed E-state index contributed by atoms with van der Waals surface area (Å²) in [5, 5.41) is 20.1. The molecule has 2 atom stereocenters. The summed E-state index contributed by atoms with van der Waals surface area (Å²) >= 11 is 0. The number of aromatic nitrogens is 1. The Kier molecular flexibility index (Phi) is 4.77. The number of nitrogens with zero attached hydrogens (tertiary/aromatic N) is 2. The minimum Gasteiger partial charge on any atom is -0.485 e. The van der Waals surface area contributed by atoms with E-state index in [1.54, 1.807) is 39.0 Å². The molecule has 0 spiro atoms. The van der Waals surface area contributed by atoms with Crippen LogP contribution in [0.3, 0.4) is 0 Å². The molecule has 0 saturated carbocycles. The first kappa shape index (κ1) is 18.7. The number of carbonyl (C=O) groups is 1. The third-order valence-corrected chi connectivity index (χ3v) is 4.60. The lowest BCUT2D eigenvalue weighted by atomic mass is 9.85. The van der Waals surface area contributed by atoms with Crippen molar-refractivity contribution in [2.45, 2.75) is 38.5 Å². The molecule has 3 rings (SSSR count). The van der Waals surface area contributed by atoms with Gasteiger partial charge < -0.3 is 19.1 Å². The topological polar surface area (TPSA) is 102 Å². The van der Waals surface area contributed by atoms with Crippen molar-refractivity contribution in [2.75, 3.05) is 6.61 Å². The van der Waals surface area contributed by atoms with Crippen molar-refractivity contribution < 1.29 is 19.4 Å². The Morgan fingerprint density at radius 2 is 2.11 bits per heavy atom. The summed E-state index contributed by atoms with van der Waals surface area (Å²) in [5.74, 6) is -0.0857. The summed E-state index contributed by atoms with van der Waals surface area (Å²) in [7, 11) is 0. The molecule has 1 aliphatic rings. The van der Waals surface area contributed by atoms with Crippen molar-refractivity contribution >= 4 is 5.97 Å². The molecule has 0 saturated heterocycles. The van der Waals surface area contributed by atoms with Gasteiger partial charge in [0.1, 0.15) is 17.5 Å². The standard InChI is InChI=1S/C20H20N2O5/c1-4-26-19(25)13-7-8-22(16(23)10-13)17-14-9-12(11-21)5-6-15(14)27-20(2,3)18(17)24/h5-10,17-18,24H,4H2,1-3H3. The summed E-state index contributed by atoms with van der Waals surface area (Å²) in [6.45, 7) is 5.34. The molecular weight excluding hydrogens is 348 g/mol. The first-order valence-electron chi connectivity index (χ1n) is 8.59. The number of nitriles is 1. The van der Waals surface area contributed by atoms with E-state index in [0.717, 1.165) is 0 Å². The Hall–Kier alpha value is -3.11. The van der Waals surface area contributed by atoms with E-state index < -0.39 is 29.3 Å². The van der Waals surface area contributed by atoms with Crippen molar-refractivity contribution in [3.63, 3.8) is 0 Å². The summed E-state index contributed by atoms with van der Waals surface area (Å²) in [6.07, 6.45) is 0.400. The lowest BCUT2D eigenvalue weighted by Gasteiger charge is -2.42. The molecule has 0 bridgehead atoms. The molecule has 1 N–H and O–H groups in total. The second-order valence-electron chi connectivity index (χ2n) is 6.84. The maximum atomic E-state index is 12.7. The fourth-order valence-electron chi connectivity index (χ4n) is 3.20. The molecule has 27 heavy (non-hydrogen) atoms. The first-order valence-corrected chi connectivity index (χ1v) is 8.59. The van der Waals surface area contributed by atoms with Crippen LogP contribution >= 0.6 is 0 Å². The molecule has 0 amide bonds. The molecule has 0 aliphatic carbocycles. The number of rotatable bonds is 3. The fourth-order valence-corrected chi connectivity index (χ4v) is 3.20. The number of esters is 1. The van der Waals surface area contributed by atoms with Crippen molar-refractivity contribution in [3.05, 3.63) is 63.6 Å². The van der Waals surface area contributed by atoms with Gasteiger partial charge in [-0.1, -0.05) is 0 Å². The Labute approximate surface area is 156 Å². The number of hydrogen-bond acceptors (Lipinski definition) is 6. The molecule has 7 heteroatoms. The smallest absolute Gasteiger partial charge is 0.338 e. The average Bonchev–Trinajstić information content (AvgIpc) is 2.63. The SMILES string of the molecule is CCOC(=O)c1ccn(C2c3cc(C#N)ccc3OC(C)(C)C2O)c(=O)c1. The van der Waals surface area contributed by atoms with Crippen molar-refractivity contribution in [2.24, 2.45) is 0 Å². The van der Waals surface area contributed by atoms with Crippen LogP contribution in [-0.2, 0) is 4.74 Å². The predicted octanol–water partition coefficient (Wildman–Crippen LogP) is 2.02. The van der Waals surface area contributed by atoms with E-state index in [4.69, 9.17) is 9.47 Å². The Balaban J connectivity index is 2.14. The Morgan fingerprint density at radius 1 is 1.37 bits per heavy atom. The molecule has 2 aromatic rings. The number of hydrogen-bond donors (Lipinski definition) is 1. The van der Waals surface area contributed by atoms with Crippen LogP contribution in [0.5, 0.6) is 5.75 Å². The predicted molar refractivity (Wildman–Crippen MR) is 96.7 cm³/mol. The van der Waals surface area contributed by atoms with Gasteiger partial charge in [0.15, 0.2) is 0 Å². The number of ether oxygens (including phenoxy) is 2. The number of aliphatic hydroxyl groups excluding tert-OH is 1. The third-order valence-electron chi connectivity index (χ3n) is 4.60. The van der Waals surface area contributed by atoms with E-state index >= 15 is 0 Å². The lowest BCUT2D eigenvalue weighted by molar-refractivity contribution is -0.0643. The van der Waals surface area contributed by atoms with E-state index in [1.807, 2.05) is 0 Å². The normalized spacial score (nSPS) is 20.1. The lowest BCUT2D eigenvalue weighted by Crippen LogP contribution is -2.52. The zero-order valence-corrected chi connectivity index (χ0v) is 15.3. The summed E-state index contributed by atoms with van der Waals surface area (Å²) in [6, 6.07) is 8.83. The average molecular weight is 368 g/mol. The van der Waals surface area contributed by atoms with Gasteiger partial charge in [-0.3, -0.25) is 4.79 Å². The largest absolute Gasteiger partial charge is 0.485 e. The highest BCUT2D eigenvalue weighted by Crippen LogP contribution is 2.41. The summed E-state index contributed by atoms with van der Waals surface area (Å²) < 4.78 is 12.1. The van der Waals surface area contributed by atoms with Gasteiger partial charge in [-0.15, -0.1) is 0 Å². The van der Waals surface area contributed by atoms with Crippen molar-refractivity contribution in [1.82, 2.24) is 4.57 Å². The molecule has 1 aromatic heterocycles. The van der Waals surface area contributed by atoms with Crippen molar-refractivity contribution in [3.8, 4) is 11.8 Å². The number of aliphatic hydroxyl groups is 1. The highest BCUT2D eigenvalue weighted by molar-refractivity contribution is 5.89. The van der Waals surface area contributed by atoms with Crippen LogP contribution < -0.4 is 10.3 Å². The van der Waals surface area contributed by atoms with Crippen LogP contribution in [0.2, 0.25) is 0 Å². The molecular formula is C20H20N2O5. The second-order valence-corrected chi connectivity index (χ2v) is 6.84. The van der Waals surface area contributed by atoms with Crippen LogP contribution in [0, 0.1) is 11.3 Å². The quantitative estimate of drug-likeness (QED) is 0.832. The maximum absolute atomic E-state index is 12.7. The maximum Gasteiger partial charge on any atom is 0.338 e. The van der Waals surface area contributed by atoms with Gasteiger partial charge in [-0.2, -0.15) is 5.26 Å². The first-order chi connectivity index (χ1) is 12.8. The zero-order chi connectivity index (χ0) is 19.8. The molecule has 1 aliphatic heterocycles. The number of pyridine rings is 1. The summed E-state index contributed by atoms with van der Waals surface area (Å²) in [4.78, 5) is 24.6. The van der Waals surface area contributed by atoms with Crippen LogP contribution in [-0.4, -0.2) is 34.0 Å². The van der Waals surface area contributed by atoms with E-state index in [-0.39, 0.29) is 12.2 Å². The molecule has 1 aromatic carbocycles. The van der Waals surface area contributed by atoms with Gasteiger partial charge in [0.05, 0.1) is 29.8 Å². The molecule has 7 nitrogen and oxygen atoms in total. The highest BCUT2D eigenvalue weighted by atomic mass is 16.5. The van der Waals surface area contributed by atoms with Gasteiger partial charge in [-0.25, -0.2) is 4.79 Å². The van der Waals surface area contributed by atoms with Gasteiger partial charge in [-0.05, 0) is 45.0 Å². The highest BCUT2D eigenvalue weighted by Gasteiger charge is 2.44. The van der Waals surface area contributed by atoms with Gasteiger partial charge in [0, 0.05) is 17.8 Å². The number of fused-ring (bicyclic) bond motifs is 1. The summed E-state index contributed by atoms with van der Waals surface area (Å²) in [5.41, 5.74) is -0.344. The molecule has 2 unspecified atom stereocenters. The minimum atomic E-state index is -1.05. The van der Waals surface area contributed by atoms with Crippen molar-refractivity contribution in [1.29, 1.82) is 5.26 Å². The van der Waals surface area contributed by atoms with Gasteiger partial charge in [0.25, 0.3) is 5.56 Å².